The summed E-state index contributed by atoms with van der Waals surface area (Å²) >= 11 is 2.15. The third-order valence-corrected chi connectivity index (χ3v) is 6.34. The van der Waals surface area contributed by atoms with Gasteiger partial charge in [0.2, 0.25) is 0 Å². The van der Waals surface area contributed by atoms with Crippen LogP contribution in [-0.4, -0.2) is 61.8 Å². The van der Waals surface area contributed by atoms with E-state index in [1.54, 1.807) is 0 Å². The number of ether oxygens (including phenoxy) is 1. The quantitative estimate of drug-likeness (QED) is 0.854. The average Bonchev–Trinajstić information content (AvgIpc) is 2.70. The van der Waals surface area contributed by atoms with E-state index in [9.17, 15) is 0 Å². The molecule has 0 radical (unpaired) electrons. The number of nitrogens with one attached hydrogen (secondary N) is 1. The number of hydrogen-bond acceptors (Lipinski definition) is 4. The van der Waals surface area contributed by atoms with Gasteiger partial charge in [0.15, 0.2) is 0 Å². The van der Waals surface area contributed by atoms with Crippen molar-refractivity contribution < 1.29 is 4.74 Å². The van der Waals surface area contributed by atoms with Gasteiger partial charge in [0.05, 0.1) is 6.10 Å². The maximum absolute atomic E-state index is 5.90. The first-order chi connectivity index (χ1) is 9.35. The van der Waals surface area contributed by atoms with Crippen LogP contribution in [0.25, 0.3) is 0 Å². The van der Waals surface area contributed by atoms with Gasteiger partial charge in [-0.3, -0.25) is 0 Å². The molecule has 0 bridgehead atoms. The number of fused-ring (bicyclic) bond motifs is 1. The van der Waals surface area contributed by atoms with Crippen LogP contribution in [0.2, 0.25) is 0 Å². The van der Waals surface area contributed by atoms with Crippen molar-refractivity contribution in [3.63, 3.8) is 0 Å². The lowest BCUT2D eigenvalue weighted by Crippen LogP contribution is -2.35. The van der Waals surface area contributed by atoms with Crippen molar-refractivity contribution >= 4 is 11.8 Å². The molecule has 3 nitrogen and oxygen atoms in total. The maximum Gasteiger partial charge on any atom is 0.0702 e. The van der Waals surface area contributed by atoms with Gasteiger partial charge in [-0.25, -0.2) is 0 Å². The zero-order valence-corrected chi connectivity index (χ0v) is 13.0. The van der Waals surface area contributed by atoms with Gasteiger partial charge in [-0.1, -0.05) is 0 Å². The lowest BCUT2D eigenvalue weighted by molar-refractivity contribution is -0.00271. The number of nitrogens with zero attached hydrogens (tertiary/aromatic N) is 1. The van der Waals surface area contributed by atoms with Crippen molar-refractivity contribution in [2.24, 2.45) is 11.8 Å². The number of hydrogen-bond donors (Lipinski definition) is 1. The van der Waals surface area contributed by atoms with Crippen LogP contribution in [0.3, 0.4) is 0 Å². The van der Waals surface area contributed by atoms with Gasteiger partial charge in [0.1, 0.15) is 0 Å². The minimum absolute atomic E-state index is 0.517. The highest BCUT2D eigenvalue weighted by molar-refractivity contribution is 7.99. The molecule has 0 aromatic rings. The van der Waals surface area contributed by atoms with Crippen molar-refractivity contribution in [2.45, 2.75) is 37.8 Å². The van der Waals surface area contributed by atoms with E-state index in [-0.39, 0.29) is 0 Å². The summed E-state index contributed by atoms with van der Waals surface area (Å²) in [7, 11) is 2.12. The fourth-order valence-corrected chi connectivity index (χ4v) is 5.28. The normalized spacial score (nSPS) is 40.9. The highest BCUT2D eigenvalue weighted by Gasteiger charge is 2.36. The Morgan fingerprint density at radius 3 is 2.89 bits per heavy atom. The molecule has 0 aliphatic carbocycles. The second kappa shape index (κ2) is 6.79. The van der Waals surface area contributed by atoms with Crippen molar-refractivity contribution in [3.05, 3.63) is 0 Å². The monoisotopic (exact) mass is 284 g/mol. The van der Waals surface area contributed by atoms with Gasteiger partial charge in [0, 0.05) is 38.0 Å². The molecule has 0 saturated carbocycles. The summed E-state index contributed by atoms with van der Waals surface area (Å²) in [6, 6.07) is 0.728. The van der Waals surface area contributed by atoms with Crippen molar-refractivity contribution in [3.8, 4) is 0 Å². The second-order valence-corrected chi connectivity index (χ2v) is 7.56. The standard InChI is InChI=1S/C15H28N2OS/c1-16-14-6-12-7-17(8-13(12)10-19-11-14)9-15-4-2-3-5-18-15/h12-16H,2-11H2,1H3/t12-,13+,14+,15?/m0/s1. The van der Waals surface area contributed by atoms with Crippen molar-refractivity contribution in [1.29, 1.82) is 0 Å². The molecule has 3 rings (SSSR count). The molecule has 0 spiro atoms. The molecule has 3 aliphatic rings. The predicted octanol–water partition coefficient (Wildman–Crippen LogP) is 1.83. The maximum atomic E-state index is 5.90. The van der Waals surface area contributed by atoms with Gasteiger partial charge in [-0.2, -0.15) is 11.8 Å². The largest absolute Gasteiger partial charge is 0.377 e. The highest BCUT2D eigenvalue weighted by Crippen LogP contribution is 2.34. The molecule has 3 fully saturated rings. The van der Waals surface area contributed by atoms with E-state index < -0.39 is 0 Å². The Labute approximate surface area is 121 Å². The van der Waals surface area contributed by atoms with Crippen LogP contribution in [0.4, 0.5) is 0 Å². The second-order valence-electron chi connectivity index (χ2n) is 6.49. The topological polar surface area (TPSA) is 24.5 Å². The van der Waals surface area contributed by atoms with Crippen LogP contribution in [0.5, 0.6) is 0 Å². The third-order valence-electron chi connectivity index (χ3n) is 5.03. The van der Waals surface area contributed by atoms with Crippen LogP contribution >= 0.6 is 11.8 Å². The molecule has 19 heavy (non-hydrogen) atoms. The van der Waals surface area contributed by atoms with E-state index in [1.807, 2.05) is 0 Å². The highest BCUT2D eigenvalue weighted by atomic mass is 32.2. The Morgan fingerprint density at radius 2 is 2.11 bits per heavy atom. The molecule has 3 saturated heterocycles. The molecule has 4 atom stereocenters. The summed E-state index contributed by atoms with van der Waals surface area (Å²) in [5.74, 6) is 4.50. The summed E-state index contributed by atoms with van der Waals surface area (Å²) in [5, 5.41) is 3.49. The van der Waals surface area contributed by atoms with Gasteiger partial charge < -0.3 is 15.0 Å². The number of thioether (sulfide) groups is 1. The Bertz CT molecular complexity index is 283. The van der Waals surface area contributed by atoms with E-state index in [2.05, 4.69) is 29.0 Å². The number of likely N-dealkylation sites (tertiary alicyclic amines) is 1. The smallest absolute Gasteiger partial charge is 0.0702 e. The Balaban J connectivity index is 1.51. The predicted molar refractivity (Wildman–Crippen MR) is 81.8 cm³/mol. The van der Waals surface area contributed by atoms with Crippen LogP contribution < -0.4 is 5.32 Å². The summed E-state index contributed by atoms with van der Waals surface area (Å²) in [6.07, 6.45) is 5.80. The molecular formula is C15H28N2OS. The summed E-state index contributed by atoms with van der Waals surface area (Å²) < 4.78 is 5.90. The molecule has 1 unspecified atom stereocenters. The Morgan fingerprint density at radius 1 is 1.21 bits per heavy atom. The van der Waals surface area contributed by atoms with Crippen LogP contribution in [0.1, 0.15) is 25.7 Å². The van der Waals surface area contributed by atoms with Gasteiger partial charge >= 0.3 is 0 Å². The first kappa shape index (κ1) is 14.2. The molecule has 0 aromatic carbocycles. The van der Waals surface area contributed by atoms with E-state index in [4.69, 9.17) is 4.74 Å². The van der Waals surface area contributed by atoms with E-state index >= 15 is 0 Å². The molecule has 0 aromatic heterocycles. The molecule has 4 heteroatoms. The molecule has 110 valence electrons. The molecule has 1 N–H and O–H groups in total. The van der Waals surface area contributed by atoms with E-state index in [0.717, 1.165) is 24.5 Å². The van der Waals surface area contributed by atoms with E-state index in [1.165, 1.54) is 56.8 Å². The fraction of sp³-hybridized carbons (Fsp3) is 1.00. The van der Waals surface area contributed by atoms with Crippen molar-refractivity contribution in [2.75, 3.05) is 44.8 Å². The van der Waals surface area contributed by atoms with Gasteiger partial charge in [-0.05, 0) is 50.3 Å². The summed E-state index contributed by atoms with van der Waals surface area (Å²) in [5.41, 5.74) is 0. The van der Waals surface area contributed by atoms with Crippen molar-refractivity contribution in [1.82, 2.24) is 10.2 Å². The fourth-order valence-electron chi connectivity index (χ4n) is 3.88. The SMILES string of the molecule is CN[C@H]1CSC[C@H]2CN(CC3CCCCO3)C[C@@H]2C1. The summed E-state index contributed by atoms with van der Waals surface area (Å²) in [6.45, 7) is 4.79. The molecule has 3 aliphatic heterocycles. The molecule has 3 heterocycles. The minimum atomic E-state index is 0.517. The van der Waals surface area contributed by atoms with Crippen LogP contribution in [-0.2, 0) is 4.74 Å². The summed E-state index contributed by atoms with van der Waals surface area (Å²) in [4.78, 5) is 2.68. The third kappa shape index (κ3) is 3.66. The lowest BCUT2D eigenvalue weighted by Gasteiger charge is -2.27. The first-order valence-corrected chi connectivity index (χ1v) is 9.09. The zero-order chi connectivity index (χ0) is 13.1. The average molecular weight is 284 g/mol. The Kier molecular flexibility index (Phi) is 5.07. The number of rotatable bonds is 3. The zero-order valence-electron chi connectivity index (χ0n) is 12.1. The first-order valence-electron chi connectivity index (χ1n) is 7.94. The Hall–Kier alpha value is 0.230. The van der Waals surface area contributed by atoms with Crippen LogP contribution in [0, 0.1) is 11.8 Å². The van der Waals surface area contributed by atoms with Crippen LogP contribution in [0.15, 0.2) is 0 Å². The lowest BCUT2D eigenvalue weighted by atomic mass is 9.92. The minimum Gasteiger partial charge on any atom is -0.377 e. The van der Waals surface area contributed by atoms with Gasteiger partial charge in [-0.15, -0.1) is 0 Å². The molecular weight excluding hydrogens is 256 g/mol. The van der Waals surface area contributed by atoms with E-state index in [0.29, 0.717) is 6.10 Å². The van der Waals surface area contributed by atoms with Gasteiger partial charge in [0.25, 0.3) is 0 Å². The molecule has 0 amide bonds.